The Morgan fingerprint density at radius 2 is 2.41 bits per heavy atom. The molecule has 1 aromatic rings. The van der Waals surface area contributed by atoms with Crippen LogP contribution in [0.5, 0.6) is 0 Å². The molecule has 6 nitrogen and oxygen atoms in total. The third kappa shape index (κ3) is 2.17. The maximum atomic E-state index is 11.4. The zero-order chi connectivity index (χ0) is 12.3. The lowest BCUT2D eigenvalue weighted by molar-refractivity contribution is 0.0508. The number of esters is 1. The van der Waals surface area contributed by atoms with Crippen LogP contribution in [0, 0.1) is 0 Å². The minimum absolute atomic E-state index is 0.0153. The Kier molecular flexibility index (Phi) is 3.42. The Bertz CT molecular complexity index is 396. The lowest BCUT2D eigenvalue weighted by Crippen LogP contribution is -2.28. The van der Waals surface area contributed by atoms with Gasteiger partial charge in [0, 0.05) is 6.54 Å². The van der Waals surface area contributed by atoms with Gasteiger partial charge in [-0.1, -0.05) is 6.92 Å². The average Bonchev–Trinajstić information content (AvgIpc) is 2.99. The number of carbonyl (C=O) groups excluding carboxylic acids is 1. The molecule has 1 unspecified atom stereocenters. The molecule has 1 saturated heterocycles. The van der Waals surface area contributed by atoms with Crippen molar-refractivity contribution in [3.05, 3.63) is 11.7 Å². The maximum absolute atomic E-state index is 11.4. The van der Waals surface area contributed by atoms with Crippen LogP contribution >= 0.6 is 0 Å². The van der Waals surface area contributed by atoms with Gasteiger partial charge in [-0.25, -0.2) is 4.79 Å². The van der Waals surface area contributed by atoms with E-state index in [1.807, 2.05) is 0 Å². The molecule has 1 N–H and O–H groups in total. The lowest BCUT2D eigenvalue weighted by atomic mass is 9.84. The summed E-state index contributed by atoms with van der Waals surface area (Å²) in [4.78, 5) is 15.6. The molecule has 2 rings (SSSR count). The van der Waals surface area contributed by atoms with Gasteiger partial charge >= 0.3 is 5.97 Å². The van der Waals surface area contributed by atoms with Gasteiger partial charge in [-0.2, -0.15) is 4.98 Å². The van der Waals surface area contributed by atoms with Crippen LogP contribution in [0.3, 0.4) is 0 Å². The van der Waals surface area contributed by atoms with Crippen LogP contribution in [0.25, 0.3) is 0 Å². The van der Waals surface area contributed by atoms with Crippen molar-refractivity contribution in [2.75, 3.05) is 19.7 Å². The second-order valence-electron chi connectivity index (χ2n) is 4.20. The Morgan fingerprint density at radius 3 is 3.00 bits per heavy atom. The first-order valence-electron chi connectivity index (χ1n) is 5.94. The second kappa shape index (κ2) is 4.83. The van der Waals surface area contributed by atoms with Crippen molar-refractivity contribution < 1.29 is 14.1 Å². The molecule has 6 heteroatoms. The molecule has 0 amide bonds. The van der Waals surface area contributed by atoms with Crippen LogP contribution < -0.4 is 5.32 Å². The van der Waals surface area contributed by atoms with E-state index in [0.29, 0.717) is 12.5 Å². The minimum Gasteiger partial charge on any atom is -0.460 e. The third-order valence-electron chi connectivity index (χ3n) is 3.26. The van der Waals surface area contributed by atoms with Gasteiger partial charge in [-0.15, -0.1) is 0 Å². The topological polar surface area (TPSA) is 77.2 Å². The molecule has 0 radical (unpaired) electrons. The van der Waals surface area contributed by atoms with Crippen LogP contribution in [0.2, 0.25) is 0 Å². The SMILES string of the molecule is CCOC(=O)c1noc(C2(CC)CCNC2)n1. The van der Waals surface area contributed by atoms with Crippen molar-refractivity contribution in [3.63, 3.8) is 0 Å². The van der Waals surface area contributed by atoms with Gasteiger partial charge in [-0.05, 0) is 31.5 Å². The van der Waals surface area contributed by atoms with E-state index in [9.17, 15) is 4.79 Å². The molecule has 1 aromatic heterocycles. The summed E-state index contributed by atoms with van der Waals surface area (Å²) in [5, 5.41) is 6.97. The Labute approximate surface area is 99.7 Å². The average molecular weight is 239 g/mol. The number of rotatable bonds is 4. The number of carbonyl (C=O) groups is 1. The summed E-state index contributed by atoms with van der Waals surface area (Å²) in [6.07, 6.45) is 1.86. The number of nitrogens with zero attached hydrogens (tertiary/aromatic N) is 2. The monoisotopic (exact) mass is 239 g/mol. The fraction of sp³-hybridized carbons (Fsp3) is 0.727. The van der Waals surface area contributed by atoms with E-state index in [-0.39, 0.29) is 11.2 Å². The largest absolute Gasteiger partial charge is 0.460 e. The molecule has 0 saturated carbocycles. The summed E-state index contributed by atoms with van der Waals surface area (Å²) in [5.74, 6) is 0.0225. The van der Waals surface area contributed by atoms with Crippen LogP contribution in [0.15, 0.2) is 4.52 Å². The summed E-state index contributed by atoms with van der Waals surface area (Å²) in [7, 11) is 0. The van der Waals surface area contributed by atoms with Gasteiger partial charge in [-0.3, -0.25) is 0 Å². The molecule has 1 atom stereocenters. The van der Waals surface area contributed by atoms with Crippen molar-refractivity contribution in [3.8, 4) is 0 Å². The van der Waals surface area contributed by atoms with E-state index in [0.717, 1.165) is 25.9 Å². The number of ether oxygens (including phenoxy) is 1. The standard InChI is InChI=1S/C11H17N3O3/c1-3-11(5-6-12-7-11)10-13-8(14-17-10)9(15)16-4-2/h12H,3-7H2,1-2H3. The minimum atomic E-state index is -0.528. The predicted molar refractivity (Wildman–Crippen MR) is 59.7 cm³/mol. The fourth-order valence-corrected chi connectivity index (χ4v) is 2.10. The van der Waals surface area contributed by atoms with E-state index < -0.39 is 5.97 Å². The van der Waals surface area contributed by atoms with E-state index in [2.05, 4.69) is 22.4 Å². The molecule has 1 fully saturated rings. The van der Waals surface area contributed by atoms with Gasteiger partial charge in [0.2, 0.25) is 5.89 Å². The number of aromatic nitrogens is 2. The van der Waals surface area contributed by atoms with Crippen molar-refractivity contribution in [2.45, 2.75) is 32.1 Å². The summed E-state index contributed by atoms with van der Waals surface area (Å²) in [5.41, 5.74) is -0.127. The van der Waals surface area contributed by atoms with Crippen molar-refractivity contribution in [1.29, 1.82) is 0 Å². The van der Waals surface area contributed by atoms with Gasteiger partial charge < -0.3 is 14.6 Å². The van der Waals surface area contributed by atoms with Gasteiger partial charge in [0.1, 0.15) is 0 Å². The summed E-state index contributed by atoms with van der Waals surface area (Å²) in [6.45, 7) is 5.89. The van der Waals surface area contributed by atoms with E-state index in [1.165, 1.54) is 0 Å². The van der Waals surface area contributed by atoms with Crippen molar-refractivity contribution in [1.82, 2.24) is 15.5 Å². The Balaban J connectivity index is 2.19. The quantitative estimate of drug-likeness (QED) is 0.786. The predicted octanol–water partition coefficient (Wildman–Crippen LogP) is 0.887. The Morgan fingerprint density at radius 1 is 1.59 bits per heavy atom. The molecule has 17 heavy (non-hydrogen) atoms. The first-order valence-corrected chi connectivity index (χ1v) is 5.94. The third-order valence-corrected chi connectivity index (χ3v) is 3.26. The van der Waals surface area contributed by atoms with Gasteiger partial charge in [0.15, 0.2) is 0 Å². The molecule has 94 valence electrons. The summed E-state index contributed by atoms with van der Waals surface area (Å²) >= 11 is 0. The molecule has 2 heterocycles. The number of hydrogen-bond donors (Lipinski definition) is 1. The zero-order valence-corrected chi connectivity index (χ0v) is 10.2. The maximum Gasteiger partial charge on any atom is 0.379 e. The van der Waals surface area contributed by atoms with Crippen molar-refractivity contribution >= 4 is 5.97 Å². The molecule has 0 spiro atoms. The Hall–Kier alpha value is -1.43. The van der Waals surface area contributed by atoms with Crippen molar-refractivity contribution in [2.24, 2.45) is 0 Å². The highest BCUT2D eigenvalue weighted by molar-refractivity contribution is 5.84. The highest BCUT2D eigenvalue weighted by Crippen LogP contribution is 2.32. The highest BCUT2D eigenvalue weighted by atomic mass is 16.5. The van der Waals surface area contributed by atoms with Crippen LogP contribution in [-0.4, -0.2) is 35.8 Å². The normalized spacial score (nSPS) is 23.9. The fourth-order valence-electron chi connectivity index (χ4n) is 2.10. The van der Waals surface area contributed by atoms with Crippen LogP contribution in [0.1, 0.15) is 43.2 Å². The van der Waals surface area contributed by atoms with E-state index in [1.54, 1.807) is 6.92 Å². The lowest BCUT2D eigenvalue weighted by Gasteiger charge is -2.20. The number of hydrogen-bond acceptors (Lipinski definition) is 6. The highest BCUT2D eigenvalue weighted by Gasteiger charge is 2.39. The molecule has 1 aliphatic rings. The first-order chi connectivity index (χ1) is 8.22. The molecule has 1 aliphatic heterocycles. The molecule has 0 aromatic carbocycles. The second-order valence-corrected chi connectivity index (χ2v) is 4.20. The smallest absolute Gasteiger partial charge is 0.379 e. The number of nitrogens with one attached hydrogen (secondary N) is 1. The molecular weight excluding hydrogens is 222 g/mol. The van der Waals surface area contributed by atoms with Crippen LogP contribution in [0.4, 0.5) is 0 Å². The van der Waals surface area contributed by atoms with E-state index in [4.69, 9.17) is 9.26 Å². The summed E-state index contributed by atoms with van der Waals surface area (Å²) < 4.78 is 10.0. The first kappa shape index (κ1) is 12.0. The van der Waals surface area contributed by atoms with E-state index >= 15 is 0 Å². The van der Waals surface area contributed by atoms with Gasteiger partial charge in [0.25, 0.3) is 5.82 Å². The summed E-state index contributed by atoms with van der Waals surface area (Å²) in [6, 6.07) is 0. The van der Waals surface area contributed by atoms with Crippen LogP contribution in [-0.2, 0) is 10.2 Å². The zero-order valence-electron chi connectivity index (χ0n) is 10.2. The molecular formula is C11H17N3O3. The molecule has 0 aliphatic carbocycles. The van der Waals surface area contributed by atoms with Gasteiger partial charge in [0.05, 0.1) is 12.0 Å². The molecule has 0 bridgehead atoms.